The molecule has 2 aromatic rings. The van der Waals surface area contributed by atoms with Crippen LogP contribution in [-0.4, -0.2) is 44.0 Å². The van der Waals surface area contributed by atoms with Crippen LogP contribution in [0.15, 0.2) is 6.20 Å². The predicted octanol–water partition coefficient (Wildman–Crippen LogP) is 0.676. The highest BCUT2D eigenvalue weighted by molar-refractivity contribution is 5.87. The summed E-state index contributed by atoms with van der Waals surface area (Å²) >= 11 is 0. The van der Waals surface area contributed by atoms with Gasteiger partial charge in [0.15, 0.2) is 5.65 Å². The molecule has 102 valence electrons. The molecular weight excluding hydrogens is 244 g/mol. The maximum atomic E-state index is 10.1. The summed E-state index contributed by atoms with van der Waals surface area (Å²) < 4.78 is 0. The third-order valence-electron chi connectivity index (χ3n) is 3.67. The summed E-state index contributed by atoms with van der Waals surface area (Å²) in [5.74, 6) is 1.04. The lowest BCUT2D eigenvalue weighted by atomic mass is 9.98. The van der Waals surface area contributed by atoms with E-state index in [1.807, 2.05) is 6.92 Å². The standard InChI is InChI=1S/C12H18N6O/c1-12(19)3-2-5-18(6-4-12)10-8-7-14-17-9(8)15-11(13)16-10/h7,19H,2-6H2,1H3,(H3,13,14,15,16,17)/t12-/m0/s1. The van der Waals surface area contributed by atoms with Gasteiger partial charge in [-0.3, -0.25) is 5.10 Å². The summed E-state index contributed by atoms with van der Waals surface area (Å²) in [5, 5.41) is 17.8. The fourth-order valence-electron chi connectivity index (χ4n) is 2.55. The molecule has 4 N–H and O–H groups in total. The number of aliphatic hydroxyl groups is 1. The number of hydrogen-bond donors (Lipinski definition) is 3. The van der Waals surface area contributed by atoms with Crippen molar-refractivity contribution in [3.63, 3.8) is 0 Å². The Morgan fingerprint density at radius 3 is 3.05 bits per heavy atom. The molecule has 1 atom stereocenters. The Hall–Kier alpha value is -1.89. The van der Waals surface area contributed by atoms with Gasteiger partial charge in [-0.25, -0.2) is 0 Å². The topological polar surface area (TPSA) is 104 Å². The van der Waals surface area contributed by atoms with E-state index >= 15 is 0 Å². The van der Waals surface area contributed by atoms with Crippen molar-refractivity contribution in [1.29, 1.82) is 0 Å². The van der Waals surface area contributed by atoms with E-state index in [2.05, 4.69) is 25.1 Å². The minimum atomic E-state index is -0.594. The fraction of sp³-hybridized carbons (Fsp3) is 0.583. The van der Waals surface area contributed by atoms with Gasteiger partial charge >= 0.3 is 0 Å². The number of anilines is 2. The Balaban J connectivity index is 1.97. The Morgan fingerprint density at radius 1 is 1.37 bits per heavy atom. The van der Waals surface area contributed by atoms with Gasteiger partial charge in [-0.05, 0) is 26.2 Å². The van der Waals surface area contributed by atoms with E-state index in [9.17, 15) is 5.11 Å². The van der Waals surface area contributed by atoms with Crippen LogP contribution in [0.2, 0.25) is 0 Å². The lowest BCUT2D eigenvalue weighted by Crippen LogP contribution is -2.29. The molecule has 0 aromatic carbocycles. The van der Waals surface area contributed by atoms with Crippen LogP contribution in [0.4, 0.5) is 11.8 Å². The van der Waals surface area contributed by atoms with E-state index in [1.54, 1.807) is 6.20 Å². The third kappa shape index (κ3) is 2.33. The van der Waals surface area contributed by atoms with E-state index in [-0.39, 0.29) is 5.95 Å². The number of nitrogen functional groups attached to an aromatic ring is 1. The number of hydrogen-bond acceptors (Lipinski definition) is 6. The van der Waals surface area contributed by atoms with Crippen LogP contribution in [0.25, 0.3) is 11.0 Å². The molecule has 0 saturated carbocycles. The lowest BCUT2D eigenvalue weighted by molar-refractivity contribution is 0.0481. The molecular formula is C12H18N6O. The van der Waals surface area contributed by atoms with Crippen LogP contribution >= 0.6 is 0 Å². The quantitative estimate of drug-likeness (QED) is 0.698. The molecule has 7 heteroatoms. The monoisotopic (exact) mass is 262 g/mol. The molecule has 1 aliphatic heterocycles. The number of aromatic amines is 1. The SMILES string of the molecule is C[C@]1(O)CCCN(c2nc(N)nc3[nH]ncc23)CC1. The van der Waals surface area contributed by atoms with E-state index < -0.39 is 5.60 Å². The van der Waals surface area contributed by atoms with Crippen molar-refractivity contribution in [2.75, 3.05) is 23.7 Å². The summed E-state index contributed by atoms with van der Waals surface area (Å²) in [6.45, 7) is 3.49. The number of nitrogens with zero attached hydrogens (tertiary/aromatic N) is 4. The Kier molecular flexibility index (Phi) is 2.78. The van der Waals surface area contributed by atoms with E-state index in [1.165, 1.54) is 0 Å². The predicted molar refractivity (Wildman–Crippen MR) is 72.8 cm³/mol. The van der Waals surface area contributed by atoms with Gasteiger partial charge in [0.25, 0.3) is 0 Å². The number of rotatable bonds is 1. The third-order valence-corrected chi connectivity index (χ3v) is 3.67. The second-order valence-electron chi connectivity index (χ2n) is 5.38. The molecule has 1 fully saturated rings. The minimum absolute atomic E-state index is 0.239. The van der Waals surface area contributed by atoms with Crippen LogP contribution in [-0.2, 0) is 0 Å². The van der Waals surface area contributed by atoms with Gasteiger partial charge < -0.3 is 15.7 Å². The van der Waals surface area contributed by atoms with Gasteiger partial charge in [0.05, 0.1) is 17.2 Å². The highest BCUT2D eigenvalue weighted by atomic mass is 16.3. The minimum Gasteiger partial charge on any atom is -0.390 e. The van der Waals surface area contributed by atoms with E-state index in [0.29, 0.717) is 5.65 Å². The van der Waals surface area contributed by atoms with E-state index in [4.69, 9.17) is 5.73 Å². The molecule has 1 saturated heterocycles. The molecule has 0 unspecified atom stereocenters. The lowest BCUT2D eigenvalue weighted by Gasteiger charge is -2.23. The van der Waals surface area contributed by atoms with Crippen molar-refractivity contribution in [3.05, 3.63) is 6.20 Å². The van der Waals surface area contributed by atoms with Gasteiger partial charge in [-0.15, -0.1) is 0 Å². The summed E-state index contributed by atoms with van der Waals surface area (Å²) in [6.07, 6.45) is 4.16. The second kappa shape index (κ2) is 4.34. The first-order valence-corrected chi connectivity index (χ1v) is 6.49. The highest BCUT2D eigenvalue weighted by Crippen LogP contribution is 2.28. The average molecular weight is 262 g/mol. The zero-order valence-electron chi connectivity index (χ0n) is 10.9. The first kappa shape index (κ1) is 12.2. The van der Waals surface area contributed by atoms with Crippen molar-refractivity contribution >= 4 is 22.8 Å². The molecule has 2 aromatic heterocycles. The maximum Gasteiger partial charge on any atom is 0.224 e. The van der Waals surface area contributed by atoms with Crippen LogP contribution in [0.3, 0.4) is 0 Å². The van der Waals surface area contributed by atoms with E-state index in [0.717, 1.165) is 43.6 Å². The molecule has 0 bridgehead atoms. The molecule has 1 aliphatic rings. The highest BCUT2D eigenvalue weighted by Gasteiger charge is 2.26. The van der Waals surface area contributed by atoms with Gasteiger partial charge in [-0.1, -0.05) is 0 Å². The van der Waals surface area contributed by atoms with Crippen molar-refractivity contribution in [2.24, 2.45) is 0 Å². The van der Waals surface area contributed by atoms with Crippen LogP contribution in [0.5, 0.6) is 0 Å². The summed E-state index contributed by atoms with van der Waals surface area (Å²) in [4.78, 5) is 10.6. The van der Waals surface area contributed by atoms with Gasteiger partial charge in [0, 0.05) is 13.1 Å². The number of aromatic nitrogens is 4. The van der Waals surface area contributed by atoms with Gasteiger partial charge in [0.1, 0.15) is 5.82 Å². The Labute approximate surface area is 110 Å². The van der Waals surface area contributed by atoms with Crippen molar-refractivity contribution in [2.45, 2.75) is 31.8 Å². The fourth-order valence-corrected chi connectivity index (χ4v) is 2.55. The molecule has 0 radical (unpaired) electrons. The maximum absolute atomic E-state index is 10.1. The van der Waals surface area contributed by atoms with Crippen LogP contribution in [0.1, 0.15) is 26.2 Å². The molecule has 0 spiro atoms. The van der Waals surface area contributed by atoms with Gasteiger partial charge in [0.2, 0.25) is 5.95 Å². The summed E-state index contributed by atoms with van der Waals surface area (Å²) in [6, 6.07) is 0. The summed E-state index contributed by atoms with van der Waals surface area (Å²) in [7, 11) is 0. The number of nitrogens with two attached hydrogens (primary N) is 1. The first-order chi connectivity index (χ1) is 9.05. The second-order valence-corrected chi connectivity index (χ2v) is 5.38. The Bertz CT molecular complexity index is 593. The number of H-pyrrole nitrogens is 1. The molecule has 19 heavy (non-hydrogen) atoms. The average Bonchev–Trinajstić information content (AvgIpc) is 2.72. The summed E-state index contributed by atoms with van der Waals surface area (Å²) in [5.41, 5.74) is 5.79. The normalized spacial score (nSPS) is 24.6. The zero-order valence-corrected chi connectivity index (χ0v) is 10.9. The molecule has 0 amide bonds. The Morgan fingerprint density at radius 2 is 2.21 bits per heavy atom. The largest absolute Gasteiger partial charge is 0.390 e. The molecule has 3 heterocycles. The smallest absolute Gasteiger partial charge is 0.224 e. The molecule has 3 rings (SSSR count). The van der Waals surface area contributed by atoms with Crippen molar-refractivity contribution < 1.29 is 5.11 Å². The van der Waals surface area contributed by atoms with Gasteiger partial charge in [-0.2, -0.15) is 15.1 Å². The van der Waals surface area contributed by atoms with Crippen LogP contribution < -0.4 is 10.6 Å². The van der Waals surface area contributed by atoms with Crippen LogP contribution in [0, 0.1) is 0 Å². The molecule has 0 aliphatic carbocycles. The number of nitrogens with one attached hydrogen (secondary N) is 1. The number of fused-ring (bicyclic) bond motifs is 1. The molecule has 7 nitrogen and oxygen atoms in total. The zero-order chi connectivity index (χ0) is 13.5. The first-order valence-electron chi connectivity index (χ1n) is 6.49. The van der Waals surface area contributed by atoms with Crippen molar-refractivity contribution in [1.82, 2.24) is 20.2 Å². The van der Waals surface area contributed by atoms with Crippen molar-refractivity contribution in [3.8, 4) is 0 Å².